The minimum atomic E-state index is -1.05. The Morgan fingerprint density at radius 3 is 2.27 bits per heavy atom. The zero-order valence-corrected chi connectivity index (χ0v) is 20.3. The molecule has 1 heterocycles. The number of phenols is 1. The van der Waals surface area contributed by atoms with Gasteiger partial charge in [-0.25, -0.2) is 4.79 Å². The van der Waals surface area contributed by atoms with Crippen molar-refractivity contribution in [1.29, 1.82) is 0 Å². The number of aromatic carboxylic acids is 1. The summed E-state index contributed by atoms with van der Waals surface area (Å²) >= 11 is 0. The number of nitrogens with one attached hydrogen (secondary N) is 1. The van der Waals surface area contributed by atoms with Crippen molar-refractivity contribution in [1.82, 2.24) is 4.98 Å². The van der Waals surface area contributed by atoms with E-state index in [2.05, 4.69) is 53.3 Å². The molecule has 4 N–H and O–H groups in total. The van der Waals surface area contributed by atoms with Gasteiger partial charge in [0.2, 0.25) is 5.88 Å². The lowest BCUT2D eigenvalue weighted by Gasteiger charge is -2.07. The highest BCUT2D eigenvalue weighted by molar-refractivity contribution is 5.96. The summed E-state index contributed by atoms with van der Waals surface area (Å²) in [5.41, 5.74) is 5.58. The minimum absolute atomic E-state index is 0.114. The van der Waals surface area contributed by atoms with Crippen molar-refractivity contribution in [3.05, 3.63) is 96.1 Å². The Morgan fingerprint density at radius 1 is 0.811 bits per heavy atom. The van der Waals surface area contributed by atoms with Gasteiger partial charge in [-0.1, -0.05) is 68.4 Å². The number of H-pyrrole nitrogens is 1. The fraction of sp³-hybridized carbons (Fsp3) is 0.100. The number of hydrogen-bond acceptors (Lipinski definition) is 5. The number of hydrogen-bond donors (Lipinski definition) is 4. The molecular formula is C30H25N3O4. The first kappa shape index (κ1) is 23.8. The maximum absolute atomic E-state index is 11.3. The maximum Gasteiger partial charge on any atom is 0.335 e. The smallest absolute Gasteiger partial charge is 0.335 e. The number of phenolic OH excluding ortho intramolecular Hbond substituents is 1. The predicted molar refractivity (Wildman–Crippen MR) is 144 cm³/mol. The third kappa shape index (κ3) is 4.67. The minimum Gasteiger partial charge on any atom is -0.505 e. The molecule has 0 bridgehead atoms. The number of carboxylic acids is 1. The molecule has 0 aliphatic carbocycles. The van der Waals surface area contributed by atoms with E-state index in [1.165, 1.54) is 17.7 Å². The molecule has 0 atom stereocenters. The standard InChI is InChI=1S/C30H25N3O4/c1-17(2)18-9-11-19(12-10-18)20-13-14-24-26(16-20)31-29(35)27(24)33-32-25-8-4-7-23(28(25)34)21-5-3-6-22(15-21)30(36)37/h3-17,31,34-35H,1-2H3,(H,36,37). The van der Waals surface area contributed by atoms with Crippen LogP contribution >= 0.6 is 0 Å². The summed E-state index contributed by atoms with van der Waals surface area (Å²) in [6.45, 7) is 4.32. The molecule has 1 aromatic heterocycles. The normalized spacial score (nSPS) is 11.5. The van der Waals surface area contributed by atoms with E-state index < -0.39 is 5.97 Å². The average molecular weight is 492 g/mol. The highest BCUT2D eigenvalue weighted by Crippen LogP contribution is 2.41. The van der Waals surface area contributed by atoms with Crippen molar-refractivity contribution in [2.45, 2.75) is 19.8 Å². The number of para-hydroxylation sites is 1. The van der Waals surface area contributed by atoms with E-state index in [9.17, 15) is 20.1 Å². The number of carboxylic acid groups (broad SMARTS) is 1. The molecule has 37 heavy (non-hydrogen) atoms. The number of aromatic nitrogens is 1. The van der Waals surface area contributed by atoms with Gasteiger partial charge in [0.25, 0.3) is 0 Å². The fourth-order valence-electron chi connectivity index (χ4n) is 4.28. The lowest BCUT2D eigenvalue weighted by molar-refractivity contribution is 0.0697. The Balaban J connectivity index is 1.47. The molecule has 0 saturated heterocycles. The molecule has 7 heteroatoms. The highest BCUT2D eigenvalue weighted by Gasteiger charge is 2.14. The number of aromatic hydroxyl groups is 2. The van der Waals surface area contributed by atoms with Crippen LogP contribution in [-0.2, 0) is 0 Å². The Kier molecular flexibility index (Phi) is 6.19. The Hall–Kier alpha value is -4.91. The van der Waals surface area contributed by atoms with Gasteiger partial charge < -0.3 is 20.3 Å². The Labute approximate surface area is 213 Å². The molecule has 0 amide bonds. The summed E-state index contributed by atoms with van der Waals surface area (Å²) in [6.07, 6.45) is 0. The van der Waals surface area contributed by atoms with Gasteiger partial charge >= 0.3 is 5.97 Å². The largest absolute Gasteiger partial charge is 0.505 e. The van der Waals surface area contributed by atoms with E-state index in [0.29, 0.717) is 27.9 Å². The zero-order chi connectivity index (χ0) is 26.1. The Morgan fingerprint density at radius 2 is 1.54 bits per heavy atom. The third-order valence-corrected chi connectivity index (χ3v) is 6.36. The van der Waals surface area contributed by atoms with Crippen LogP contribution in [0.3, 0.4) is 0 Å². The number of aromatic amines is 1. The van der Waals surface area contributed by atoms with Crippen LogP contribution in [0.5, 0.6) is 11.6 Å². The van der Waals surface area contributed by atoms with E-state index >= 15 is 0 Å². The number of nitrogens with zero attached hydrogens (tertiary/aromatic N) is 2. The van der Waals surface area contributed by atoms with Gasteiger partial charge in [-0.15, -0.1) is 10.2 Å². The molecule has 0 radical (unpaired) electrons. The first-order valence-electron chi connectivity index (χ1n) is 11.8. The molecule has 0 saturated carbocycles. The van der Waals surface area contributed by atoms with Gasteiger partial charge in [0, 0.05) is 10.9 Å². The number of rotatable bonds is 6. The number of fused-ring (bicyclic) bond motifs is 1. The van der Waals surface area contributed by atoms with Crippen molar-refractivity contribution in [2.24, 2.45) is 10.2 Å². The van der Waals surface area contributed by atoms with Gasteiger partial charge in [0.15, 0.2) is 11.4 Å². The topological polar surface area (TPSA) is 118 Å². The fourth-order valence-corrected chi connectivity index (χ4v) is 4.28. The summed E-state index contributed by atoms with van der Waals surface area (Å²) in [5, 5.41) is 39.7. The first-order valence-corrected chi connectivity index (χ1v) is 11.8. The van der Waals surface area contributed by atoms with Crippen LogP contribution in [0.4, 0.5) is 11.4 Å². The van der Waals surface area contributed by atoms with E-state index in [1.54, 1.807) is 30.3 Å². The van der Waals surface area contributed by atoms with Crippen LogP contribution in [0.15, 0.2) is 95.2 Å². The number of benzene rings is 4. The molecule has 5 aromatic rings. The molecule has 5 rings (SSSR count). The van der Waals surface area contributed by atoms with E-state index in [-0.39, 0.29) is 28.6 Å². The Bertz CT molecular complexity index is 1650. The molecule has 0 aliphatic heterocycles. The van der Waals surface area contributed by atoms with Crippen molar-refractivity contribution in [3.63, 3.8) is 0 Å². The SMILES string of the molecule is CC(C)c1ccc(-c2ccc3c(N=Nc4cccc(-c5cccc(C(=O)O)c5)c4O)c(O)[nH]c3c2)cc1. The summed E-state index contributed by atoms with van der Waals surface area (Å²) in [7, 11) is 0. The van der Waals surface area contributed by atoms with Gasteiger partial charge in [0.05, 0.1) is 11.1 Å². The van der Waals surface area contributed by atoms with Gasteiger partial charge in [-0.2, -0.15) is 0 Å². The summed E-state index contributed by atoms with van der Waals surface area (Å²) in [6, 6.07) is 25.5. The second-order valence-corrected chi connectivity index (χ2v) is 9.12. The molecule has 0 fully saturated rings. The zero-order valence-electron chi connectivity index (χ0n) is 20.3. The third-order valence-electron chi connectivity index (χ3n) is 6.36. The molecule has 0 unspecified atom stereocenters. The van der Waals surface area contributed by atoms with Crippen LogP contribution < -0.4 is 0 Å². The van der Waals surface area contributed by atoms with Crippen molar-refractivity contribution in [2.75, 3.05) is 0 Å². The van der Waals surface area contributed by atoms with Crippen LogP contribution in [-0.4, -0.2) is 26.3 Å². The first-order chi connectivity index (χ1) is 17.8. The second kappa shape index (κ2) is 9.62. The molecule has 4 aromatic carbocycles. The maximum atomic E-state index is 11.3. The molecule has 0 aliphatic rings. The van der Waals surface area contributed by atoms with Crippen LogP contribution in [0.25, 0.3) is 33.2 Å². The van der Waals surface area contributed by atoms with Crippen LogP contribution in [0.1, 0.15) is 35.7 Å². The molecule has 184 valence electrons. The van der Waals surface area contributed by atoms with Crippen molar-refractivity contribution in [3.8, 4) is 33.9 Å². The monoisotopic (exact) mass is 491 g/mol. The van der Waals surface area contributed by atoms with Crippen LogP contribution in [0.2, 0.25) is 0 Å². The molecular weight excluding hydrogens is 466 g/mol. The lowest BCUT2D eigenvalue weighted by Crippen LogP contribution is -1.95. The second-order valence-electron chi connectivity index (χ2n) is 9.12. The summed E-state index contributed by atoms with van der Waals surface area (Å²) in [5.74, 6) is -0.862. The molecule has 0 spiro atoms. The average Bonchev–Trinajstić information content (AvgIpc) is 3.22. The van der Waals surface area contributed by atoms with Crippen molar-refractivity contribution >= 4 is 28.2 Å². The highest BCUT2D eigenvalue weighted by atomic mass is 16.4. The quantitative estimate of drug-likeness (QED) is 0.179. The lowest BCUT2D eigenvalue weighted by atomic mass is 9.98. The molecule has 7 nitrogen and oxygen atoms in total. The number of carbonyl (C=O) groups is 1. The van der Waals surface area contributed by atoms with Gasteiger partial charge in [0.1, 0.15) is 5.69 Å². The van der Waals surface area contributed by atoms with Gasteiger partial charge in [-0.3, -0.25) is 0 Å². The van der Waals surface area contributed by atoms with E-state index in [4.69, 9.17) is 0 Å². The predicted octanol–water partition coefficient (Wildman–Crippen LogP) is 8.15. The van der Waals surface area contributed by atoms with Crippen LogP contribution in [0, 0.1) is 0 Å². The van der Waals surface area contributed by atoms with Gasteiger partial charge in [-0.05, 0) is 58.5 Å². The summed E-state index contributed by atoms with van der Waals surface area (Å²) < 4.78 is 0. The van der Waals surface area contributed by atoms with Crippen molar-refractivity contribution < 1.29 is 20.1 Å². The summed E-state index contributed by atoms with van der Waals surface area (Å²) in [4.78, 5) is 14.3. The van der Waals surface area contributed by atoms with E-state index in [1.807, 2.05) is 18.2 Å². The van der Waals surface area contributed by atoms with E-state index in [0.717, 1.165) is 11.1 Å². The number of azo groups is 1.